The first-order valence-corrected chi connectivity index (χ1v) is 7.66. The molecule has 1 rings (SSSR count). The molecule has 1 heterocycles. The van der Waals surface area contributed by atoms with E-state index in [2.05, 4.69) is 17.1 Å². The molecule has 0 aromatic carbocycles. The third-order valence-corrected chi connectivity index (χ3v) is 3.77. The first-order chi connectivity index (χ1) is 9.42. The van der Waals surface area contributed by atoms with Gasteiger partial charge in [0.15, 0.2) is 0 Å². The van der Waals surface area contributed by atoms with E-state index < -0.39 is 5.97 Å². The highest BCUT2D eigenvalue weighted by molar-refractivity contribution is 5.78. The van der Waals surface area contributed by atoms with Gasteiger partial charge in [-0.15, -0.1) is 0 Å². The summed E-state index contributed by atoms with van der Waals surface area (Å²) in [6.07, 6.45) is 3.21. The van der Waals surface area contributed by atoms with Crippen LogP contribution in [0.3, 0.4) is 0 Å². The third kappa shape index (κ3) is 5.90. The molecule has 1 aliphatic heterocycles. The highest BCUT2D eigenvalue weighted by Crippen LogP contribution is 2.21. The van der Waals surface area contributed by atoms with Crippen LogP contribution in [-0.4, -0.2) is 47.6 Å². The van der Waals surface area contributed by atoms with Crippen LogP contribution in [0.2, 0.25) is 0 Å². The quantitative estimate of drug-likeness (QED) is 0.747. The topological polar surface area (TPSA) is 69.6 Å². The van der Waals surface area contributed by atoms with Crippen molar-refractivity contribution in [2.24, 2.45) is 11.8 Å². The molecule has 0 aromatic rings. The van der Waals surface area contributed by atoms with Gasteiger partial charge in [0.05, 0.1) is 0 Å². The van der Waals surface area contributed by atoms with Crippen molar-refractivity contribution in [3.05, 3.63) is 0 Å². The summed E-state index contributed by atoms with van der Waals surface area (Å²) < 4.78 is 0. The lowest BCUT2D eigenvalue weighted by molar-refractivity contribution is -0.138. The number of hydrogen-bond donors (Lipinski definition) is 2. The minimum atomic E-state index is -0.749. The summed E-state index contributed by atoms with van der Waals surface area (Å²) in [5.41, 5.74) is 0. The number of piperidine rings is 1. The number of unbranched alkanes of at least 4 members (excludes halogenated alkanes) is 1. The van der Waals surface area contributed by atoms with Crippen molar-refractivity contribution in [3.8, 4) is 0 Å². The molecule has 0 bridgehead atoms. The van der Waals surface area contributed by atoms with Gasteiger partial charge in [-0.2, -0.15) is 0 Å². The van der Waals surface area contributed by atoms with Crippen LogP contribution in [0.15, 0.2) is 0 Å². The number of carbonyl (C=O) groups is 2. The number of amides is 1. The summed E-state index contributed by atoms with van der Waals surface area (Å²) in [7, 11) is 0. The molecular weight excluding hydrogens is 256 g/mol. The number of carboxylic acids is 1. The second-order valence-corrected chi connectivity index (χ2v) is 6.17. The fraction of sp³-hybridized carbons (Fsp3) is 0.867. The molecule has 5 nitrogen and oxygen atoms in total. The molecular formula is C15H28N2O3. The number of carboxylic acid groups (broad SMARTS) is 1. The Morgan fingerprint density at radius 2 is 2.05 bits per heavy atom. The van der Waals surface area contributed by atoms with Crippen LogP contribution in [0.1, 0.15) is 46.5 Å². The standard InChI is InChI=1S/C15H28N2O3/c1-4-5-6-17-9-12(8-14(18)19)7-13(10-17)16-15(20)11(2)3/h11-13H,4-10H2,1-3H3,(H,16,20)(H,18,19). The average molecular weight is 284 g/mol. The van der Waals surface area contributed by atoms with Gasteiger partial charge in [0, 0.05) is 31.5 Å². The Labute approximate surface area is 121 Å². The Balaban J connectivity index is 2.58. The molecule has 1 aliphatic rings. The smallest absolute Gasteiger partial charge is 0.303 e. The number of hydrogen-bond acceptors (Lipinski definition) is 3. The van der Waals surface area contributed by atoms with Crippen LogP contribution in [0, 0.1) is 11.8 Å². The lowest BCUT2D eigenvalue weighted by atomic mass is 9.91. The fourth-order valence-corrected chi connectivity index (χ4v) is 2.73. The number of nitrogens with zero attached hydrogens (tertiary/aromatic N) is 1. The number of nitrogens with one attached hydrogen (secondary N) is 1. The van der Waals surface area contributed by atoms with E-state index in [0.717, 1.165) is 38.9 Å². The minimum absolute atomic E-state index is 0.0288. The zero-order valence-corrected chi connectivity index (χ0v) is 12.9. The molecule has 0 saturated carbocycles. The van der Waals surface area contributed by atoms with E-state index in [9.17, 15) is 9.59 Å². The van der Waals surface area contributed by atoms with Gasteiger partial charge >= 0.3 is 5.97 Å². The van der Waals surface area contributed by atoms with Crippen LogP contribution < -0.4 is 5.32 Å². The van der Waals surface area contributed by atoms with E-state index in [1.54, 1.807) is 0 Å². The van der Waals surface area contributed by atoms with Gasteiger partial charge in [0.2, 0.25) is 5.91 Å². The molecule has 1 fully saturated rings. The molecule has 0 aromatic heterocycles. The Hall–Kier alpha value is -1.10. The van der Waals surface area contributed by atoms with Gasteiger partial charge in [-0.25, -0.2) is 0 Å². The van der Waals surface area contributed by atoms with Crippen molar-refractivity contribution >= 4 is 11.9 Å². The number of carbonyl (C=O) groups excluding carboxylic acids is 1. The van der Waals surface area contributed by atoms with Gasteiger partial charge < -0.3 is 15.3 Å². The maximum absolute atomic E-state index is 11.8. The Morgan fingerprint density at radius 1 is 1.35 bits per heavy atom. The van der Waals surface area contributed by atoms with Crippen molar-refractivity contribution in [2.75, 3.05) is 19.6 Å². The largest absolute Gasteiger partial charge is 0.481 e. The lowest BCUT2D eigenvalue weighted by Crippen LogP contribution is -2.52. The van der Waals surface area contributed by atoms with Crippen molar-refractivity contribution in [3.63, 3.8) is 0 Å². The first-order valence-electron chi connectivity index (χ1n) is 7.66. The second kappa shape index (κ2) is 8.25. The second-order valence-electron chi connectivity index (χ2n) is 6.17. The summed E-state index contributed by atoms with van der Waals surface area (Å²) in [4.78, 5) is 25.0. The normalized spacial score (nSPS) is 23.8. The average Bonchev–Trinajstić information content (AvgIpc) is 2.35. The van der Waals surface area contributed by atoms with Crippen molar-refractivity contribution < 1.29 is 14.7 Å². The summed E-state index contributed by atoms with van der Waals surface area (Å²) in [6.45, 7) is 8.57. The molecule has 1 amide bonds. The van der Waals surface area contributed by atoms with E-state index in [0.29, 0.717) is 0 Å². The van der Waals surface area contributed by atoms with E-state index in [1.807, 2.05) is 13.8 Å². The van der Waals surface area contributed by atoms with Crippen molar-refractivity contribution in [1.82, 2.24) is 10.2 Å². The lowest BCUT2D eigenvalue weighted by Gasteiger charge is -2.38. The third-order valence-electron chi connectivity index (χ3n) is 3.77. The predicted octanol–water partition coefficient (Wildman–Crippen LogP) is 1.72. The van der Waals surface area contributed by atoms with E-state index in [4.69, 9.17) is 5.11 Å². The van der Waals surface area contributed by atoms with Gasteiger partial charge in [0.25, 0.3) is 0 Å². The fourth-order valence-electron chi connectivity index (χ4n) is 2.73. The van der Waals surface area contributed by atoms with Gasteiger partial charge in [-0.3, -0.25) is 9.59 Å². The molecule has 0 aliphatic carbocycles. The summed E-state index contributed by atoms with van der Waals surface area (Å²) >= 11 is 0. The van der Waals surface area contributed by atoms with Crippen molar-refractivity contribution in [2.45, 2.75) is 52.5 Å². The molecule has 0 radical (unpaired) electrons. The summed E-state index contributed by atoms with van der Waals surface area (Å²) in [5.74, 6) is -0.586. The maximum Gasteiger partial charge on any atom is 0.303 e. The molecule has 2 unspecified atom stereocenters. The minimum Gasteiger partial charge on any atom is -0.481 e. The molecule has 116 valence electrons. The molecule has 0 spiro atoms. The highest BCUT2D eigenvalue weighted by Gasteiger charge is 2.29. The summed E-state index contributed by atoms with van der Waals surface area (Å²) in [6, 6.07) is 0.0832. The van der Waals surface area contributed by atoms with Crippen LogP contribution in [0.5, 0.6) is 0 Å². The first kappa shape index (κ1) is 17.0. The molecule has 5 heteroatoms. The maximum atomic E-state index is 11.8. The predicted molar refractivity (Wildman–Crippen MR) is 78.5 cm³/mol. The highest BCUT2D eigenvalue weighted by atomic mass is 16.4. The van der Waals surface area contributed by atoms with E-state index in [1.165, 1.54) is 0 Å². The number of likely N-dealkylation sites (tertiary alicyclic amines) is 1. The molecule has 2 atom stereocenters. The summed E-state index contributed by atoms with van der Waals surface area (Å²) in [5, 5.41) is 12.0. The number of rotatable bonds is 7. The Kier molecular flexibility index (Phi) is 6.99. The van der Waals surface area contributed by atoms with Crippen molar-refractivity contribution in [1.29, 1.82) is 0 Å². The zero-order valence-electron chi connectivity index (χ0n) is 12.9. The molecule has 1 saturated heterocycles. The van der Waals surface area contributed by atoms with Gasteiger partial charge in [-0.05, 0) is 25.3 Å². The molecule has 20 heavy (non-hydrogen) atoms. The Morgan fingerprint density at radius 3 is 2.60 bits per heavy atom. The number of aliphatic carboxylic acids is 1. The van der Waals surface area contributed by atoms with E-state index >= 15 is 0 Å². The van der Waals surface area contributed by atoms with Crippen LogP contribution >= 0.6 is 0 Å². The Bertz CT molecular complexity index is 331. The van der Waals surface area contributed by atoms with Crippen LogP contribution in [0.4, 0.5) is 0 Å². The van der Waals surface area contributed by atoms with Crippen LogP contribution in [-0.2, 0) is 9.59 Å². The molecule has 2 N–H and O–H groups in total. The monoisotopic (exact) mass is 284 g/mol. The van der Waals surface area contributed by atoms with Gasteiger partial charge in [-0.1, -0.05) is 27.2 Å². The SMILES string of the molecule is CCCCN1CC(CC(=O)O)CC(NC(=O)C(C)C)C1. The van der Waals surface area contributed by atoms with Gasteiger partial charge in [0.1, 0.15) is 0 Å². The zero-order chi connectivity index (χ0) is 15.1. The van der Waals surface area contributed by atoms with E-state index in [-0.39, 0.29) is 30.2 Å². The van der Waals surface area contributed by atoms with Crippen LogP contribution in [0.25, 0.3) is 0 Å².